The Bertz CT molecular complexity index is 1240. The molecule has 0 bridgehead atoms. The van der Waals surface area contributed by atoms with Crippen LogP contribution < -0.4 is 21.5 Å². The number of hydrogen-bond acceptors (Lipinski definition) is 7. The van der Waals surface area contributed by atoms with Gasteiger partial charge >= 0.3 is 0 Å². The summed E-state index contributed by atoms with van der Waals surface area (Å²) < 4.78 is 1.72. The lowest BCUT2D eigenvalue weighted by molar-refractivity contribution is 0.569. The average molecular weight is 453 g/mol. The van der Waals surface area contributed by atoms with Crippen molar-refractivity contribution >= 4 is 34.1 Å². The second-order valence-corrected chi connectivity index (χ2v) is 7.75. The second kappa shape index (κ2) is 10.3. The Labute approximate surface area is 190 Å². The van der Waals surface area contributed by atoms with E-state index in [0.717, 1.165) is 28.1 Å². The molecule has 0 aliphatic carbocycles. The lowest BCUT2D eigenvalue weighted by Crippen LogP contribution is -2.31. The first-order valence-corrected chi connectivity index (χ1v) is 10.8. The summed E-state index contributed by atoms with van der Waals surface area (Å²) >= 11 is 6.10. The Morgan fingerprint density at radius 2 is 1.97 bits per heavy atom. The number of aryl methyl sites for hydroxylation is 1. The highest BCUT2D eigenvalue weighted by Gasteiger charge is 2.09. The molecule has 4 N–H and O–H groups in total. The van der Waals surface area contributed by atoms with E-state index in [9.17, 15) is 4.79 Å². The van der Waals surface area contributed by atoms with E-state index in [2.05, 4.69) is 36.1 Å². The predicted octanol–water partition coefficient (Wildman–Crippen LogP) is 2.79. The number of H-pyrrole nitrogens is 1. The molecule has 0 radical (unpaired) electrons. The van der Waals surface area contributed by atoms with Crippen molar-refractivity contribution < 1.29 is 0 Å². The first-order valence-electron chi connectivity index (χ1n) is 10.4. The monoisotopic (exact) mass is 452 g/mol. The number of anilines is 2. The minimum absolute atomic E-state index is 0.136. The van der Waals surface area contributed by atoms with Gasteiger partial charge < -0.3 is 20.5 Å². The molecule has 9 nitrogen and oxygen atoms in total. The highest BCUT2D eigenvalue weighted by atomic mass is 35.5. The molecule has 0 atom stereocenters. The van der Waals surface area contributed by atoms with Gasteiger partial charge in [0.15, 0.2) is 5.82 Å². The predicted molar refractivity (Wildman–Crippen MR) is 127 cm³/mol. The van der Waals surface area contributed by atoms with Gasteiger partial charge in [-0.3, -0.25) is 9.89 Å². The molecule has 0 aliphatic heterocycles. The molecule has 0 saturated heterocycles. The summed E-state index contributed by atoms with van der Waals surface area (Å²) in [6.45, 7) is 4.80. The molecule has 166 valence electrons. The van der Waals surface area contributed by atoms with Crippen LogP contribution in [0.1, 0.15) is 11.4 Å². The molecule has 32 heavy (non-hydrogen) atoms. The number of aromatic amines is 1. The summed E-state index contributed by atoms with van der Waals surface area (Å²) in [5, 5.41) is 18.7. The topological polar surface area (TPSA) is 113 Å². The van der Waals surface area contributed by atoms with Crippen LogP contribution >= 0.6 is 11.6 Å². The number of rotatable bonds is 10. The van der Waals surface area contributed by atoms with Crippen molar-refractivity contribution in [2.45, 2.75) is 20.0 Å². The summed E-state index contributed by atoms with van der Waals surface area (Å²) in [5.41, 5.74) is 2.51. The third kappa shape index (κ3) is 5.24. The van der Waals surface area contributed by atoms with Crippen LogP contribution in [0.4, 0.5) is 11.6 Å². The minimum Gasteiger partial charge on any atom is -0.368 e. The number of pyridine rings is 1. The summed E-state index contributed by atoms with van der Waals surface area (Å²) in [5.74, 6) is 1.13. The standard InChI is InChI=1S/C22H25ClN8O/c1-15-13-28-21(27-9-8-26-20-4-2-3-7-25-20)22(32)31(15)11-10-24-14-19-17-12-16(23)5-6-18(17)29-30-19/h2-7,12-13,24H,8-11,14H2,1H3,(H,25,26)(H,27,28)(H,29,30). The number of fused-ring (bicyclic) bond motifs is 1. The number of benzene rings is 1. The van der Waals surface area contributed by atoms with Gasteiger partial charge in [-0.15, -0.1) is 0 Å². The van der Waals surface area contributed by atoms with Crippen molar-refractivity contribution in [1.29, 1.82) is 0 Å². The Kier molecular flexibility index (Phi) is 6.98. The van der Waals surface area contributed by atoms with E-state index in [1.165, 1.54) is 0 Å². The largest absolute Gasteiger partial charge is 0.368 e. The molecule has 0 amide bonds. The van der Waals surface area contributed by atoms with Crippen molar-refractivity contribution in [3.05, 3.63) is 75.6 Å². The van der Waals surface area contributed by atoms with Crippen LogP contribution in [0.25, 0.3) is 10.9 Å². The zero-order valence-corrected chi connectivity index (χ0v) is 18.5. The number of nitrogens with one attached hydrogen (secondary N) is 4. The first-order chi connectivity index (χ1) is 15.6. The van der Waals surface area contributed by atoms with E-state index in [-0.39, 0.29) is 5.56 Å². The lowest BCUT2D eigenvalue weighted by atomic mass is 10.2. The molecule has 3 heterocycles. The highest BCUT2D eigenvalue weighted by Crippen LogP contribution is 2.20. The SMILES string of the molecule is Cc1cnc(NCCNc2ccccn2)c(=O)n1CCNCc1[nH]nc2ccc(Cl)cc12. The highest BCUT2D eigenvalue weighted by molar-refractivity contribution is 6.31. The smallest absolute Gasteiger partial charge is 0.293 e. The van der Waals surface area contributed by atoms with Gasteiger partial charge in [-0.05, 0) is 37.3 Å². The normalized spacial score (nSPS) is 11.1. The van der Waals surface area contributed by atoms with E-state index in [0.29, 0.717) is 43.6 Å². The molecule has 4 rings (SSSR count). The maximum Gasteiger partial charge on any atom is 0.293 e. The second-order valence-electron chi connectivity index (χ2n) is 7.31. The molecule has 1 aromatic carbocycles. The molecule has 0 saturated carbocycles. The molecule has 0 unspecified atom stereocenters. The fraction of sp³-hybridized carbons (Fsp3) is 0.273. The van der Waals surface area contributed by atoms with Gasteiger partial charge in [0.1, 0.15) is 5.82 Å². The van der Waals surface area contributed by atoms with Crippen molar-refractivity contribution in [2.24, 2.45) is 0 Å². The van der Waals surface area contributed by atoms with E-state index >= 15 is 0 Å². The van der Waals surface area contributed by atoms with Gasteiger partial charge in [-0.1, -0.05) is 17.7 Å². The van der Waals surface area contributed by atoms with Crippen LogP contribution in [0.15, 0.2) is 53.6 Å². The molecular weight excluding hydrogens is 428 g/mol. The summed E-state index contributed by atoms with van der Waals surface area (Å²) in [6, 6.07) is 11.3. The third-order valence-electron chi connectivity index (χ3n) is 5.05. The van der Waals surface area contributed by atoms with E-state index < -0.39 is 0 Å². The Morgan fingerprint density at radius 3 is 2.81 bits per heavy atom. The molecular formula is C22H25ClN8O. The molecule has 0 spiro atoms. The molecule has 0 fully saturated rings. The van der Waals surface area contributed by atoms with Gasteiger partial charge in [0.25, 0.3) is 5.56 Å². The average Bonchev–Trinajstić information content (AvgIpc) is 3.20. The third-order valence-corrected chi connectivity index (χ3v) is 5.29. The maximum absolute atomic E-state index is 12.8. The maximum atomic E-state index is 12.8. The van der Waals surface area contributed by atoms with Gasteiger partial charge in [-0.2, -0.15) is 5.10 Å². The van der Waals surface area contributed by atoms with Crippen molar-refractivity contribution in [1.82, 2.24) is 30.0 Å². The molecule has 0 aliphatic rings. The number of hydrogen-bond donors (Lipinski definition) is 4. The van der Waals surface area contributed by atoms with Crippen LogP contribution in [0.2, 0.25) is 5.02 Å². The van der Waals surface area contributed by atoms with Gasteiger partial charge in [0.2, 0.25) is 0 Å². The number of nitrogens with zero attached hydrogens (tertiary/aromatic N) is 4. The fourth-order valence-electron chi connectivity index (χ4n) is 3.38. The van der Waals surface area contributed by atoms with E-state index in [1.54, 1.807) is 17.0 Å². The zero-order valence-electron chi connectivity index (χ0n) is 17.7. The quantitative estimate of drug-likeness (QED) is 0.274. The minimum atomic E-state index is -0.136. The lowest BCUT2D eigenvalue weighted by Gasteiger charge is -2.13. The van der Waals surface area contributed by atoms with E-state index in [1.807, 2.05) is 43.3 Å². The van der Waals surface area contributed by atoms with Crippen LogP contribution in [0.3, 0.4) is 0 Å². The Hall–Kier alpha value is -3.43. The van der Waals surface area contributed by atoms with Crippen molar-refractivity contribution in [3.8, 4) is 0 Å². The van der Waals surface area contributed by atoms with Crippen LogP contribution in [-0.2, 0) is 13.1 Å². The summed E-state index contributed by atoms with van der Waals surface area (Å²) in [7, 11) is 0. The fourth-order valence-corrected chi connectivity index (χ4v) is 3.56. The molecule has 3 aromatic heterocycles. The van der Waals surface area contributed by atoms with E-state index in [4.69, 9.17) is 11.6 Å². The van der Waals surface area contributed by atoms with Gasteiger partial charge in [0.05, 0.1) is 11.2 Å². The van der Waals surface area contributed by atoms with Crippen molar-refractivity contribution in [3.63, 3.8) is 0 Å². The first kappa shape index (κ1) is 21.8. The number of aromatic nitrogens is 5. The van der Waals surface area contributed by atoms with Gasteiger partial charge in [-0.25, -0.2) is 9.97 Å². The Morgan fingerprint density at radius 1 is 1.09 bits per heavy atom. The zero-order chi connectivity index (χ0) is 22.3. The summed E-state index contributed by atoms with van der Waals surface area (Å²) in [4.78, 5) is 21.3. The van der Waals surface area contributed by atoms with Crippen LogP contribution in [0, 0.1) is 6.92 Å². The molecule has 10 heteroatoms. The van der Waals surface area contributed by atoms with Gasteiger partial charge in [0, 0.05) is 61.2 Å². The van der Waals surface area contributed by atoms with Crippen LogP contribution in [0.5, 0.6) is 0 Å². The van der Waals surface area contributed by atoms with Crippen molar-refractivity contribution in [2.75, 3.05) is 30.3 Å². The van der Waals surface area contributed by atoms with Crippen LogP contribution in [-0.4, -0.2) is 44.4 Å². The molecule has 4 aromatic rings. The number of halogens is 1. The summed E-state index contributed by atoms with van der Waals surface area (Å²) in [6.07, 6.45) is 3.44. The Balaban J connectivity index is 1.30.